The van der Waals surface area contributed by atoms with Crippen molar-refractivity contribution in [1.29, 1.82) is 0 Å². The molecule has 4 fully saturated rings. The van der Waals surface area contributed by atoms with Crippen molar-refractivity contribution in [3.8, 4) is 0 Å². The fourth-order valence-electron chi connectivity index (χ4n) is 8.41. The molecule has 3 aliphatic carbocycles. The zero-order valence-electron chi connectivity index (χ0n) is 30.8. The number of ketones is 1. The van der Waals surface area contributed by atoms with Crippen molar-refractivity contribution < 1.29 is 32.4 Å². The second kappa shape index (κ2) is 14.8. The SMILES string of the molecule is CN(C[C@@H](NC(=O)N[C@H](C(=O)N1C[C@H]2[C@@H]([C@H]1C(=O)NC(C(=O)C(N)=O)C1CCC1)C2(C)C)C1CCCCC1)C(C)(C)C)S(=O)(=O)c1ccccc1. The molecular weight excluding hydrogens is 673 g/mol. The number of likely N-dealkylation sites (tertiary alicyclic amines) is 1. The van der Waals surface area contributed by atoms with Gasteiger partial charge in [0.2, 0.25) is 27.6 Å². The summed E-state index contributed by atoms with van der Waals surface area (Å²) in [5.74, 6) is -3.15. The van der Waals surface area contributed by atoms with Crippen LogP contribution in [0.25, 0.3) is 0 Å². The minimum atomic E-state index is -3.83. The molecule has 0 spiro atoms. The standard InChI is InChI=1S/C37H56N6O7S/c1-36(2,3)26(21-42(6)51(49,50)24-18-11-8-12-19-24)39-35(48)41-29(23-14-9-7-10-15-23)34(47)43-20-25-27(37(25,4)5)30(43)33(46)40-28(22-16-13-17-22)31(44)32(38)45/h8,11-12,18-19,22-23,25-30H,7,9-10,13-17,20-21H2,1-6H3,(H2,38,45)(H,40,46)(H2,39,41,48)/t25-,26+,27-,28?,29-,30-/m0/s1. The number of rotatable bonds is 13. The molecule has 1 saturated heterocycles. The zero-order valence-corrected chi connectivity index (χ0v) is 31.6. The Morgan fingerprint density at radius 1 is 0.902 bits per heavy atom. The fraction of sp³-hybridized carbons (Fsp3) is 0.703. The van der Waals surface area contributed by atoms with E-state index in [1.807, 2.05) is 20.8 Å². The van der Waals surface area contributed by atoms with Crippen LogP contribution in [0.15, 0.2) is 35.2 Å². The molecule has 0 aromatic heterocycles. The van der Waals surface area contributed by atoms with E-state index in [9.17, 15) is 32.4 Å². The molecule has 1 aromatic rings. The van der Waals surface area contributed by atoms with Crippen LogP contribution in [-0.2, 0) is 29.2 Å². The second-order valence-electron chi connectivity index (χ2n) is 16.8. The molecule has 1 unspecified atom stereocenters. The van der Waals surface area contributed by atoms with E-state index >= 15 is 0 Å². The topological polar surface area (TPSA) is 188 Å². The molecule has 14 heteroatoms. The highest BCUT2D eigenvalue weighted by Gasteiger charge is 2.70. The number of carbonyl (C=O) groups is 5. The van der Waals surface area contributed by atoms with Crippen molar-refractivity contribution in [2.75, 3.05) is 20.1 Å². The Morgan fingerprint density at radius 3 is 2.04 bits per heavy atom. The fourth-order valence-corrected chi connectivity index (χ4v) is 9.61. The average molecular weight is 729 g/mol. The van der Waals surface area contributed by atoms with Crippen molar-refractivity contribution in [1.82, 2.24) is 25.2 Å². The Hall–Kier alpha value is -3.52. The highest BCUT2D eigenvalue weighted by Crippen LogP contribution is 2.65. The van der Waals surface area contributed by atoms with Crippen LogP contribution in [0.4, 0.5) is 4.79 Å². The van der Waals surface area contributed by atoms with Gasteiger partial charge in [-0.15, -0.1) is 0 Å². The molecule has 6 atom stereocenters. The normalized spacial score (nSPS) is 25.2. The maximum absolute atomic E-state index is 14.6. The van der Waals surface area contributed by atoms with Gasteiger partial charge >= 0.3 is 6.03 Å². The summed E-state index contributed by atoms with van der Waals surface area (Å²) in [4.78, 5) is 68.9. The van der Waals surface area contributed by atoms with Gasteiger partial charge < -0.3 is 26.6 Å². The van der Waals surface area contributed by atoms with E-state index in [0.717, 1.165) is 38.5 Å². The Bertz CT molecular complexity index is 1600. The lowest BCUT2D eigenvalue weighted by Gasteiger charge is -2.39. The van der Waals surface area contributed by atoms with E-state index in [1.165, 1.54) is 23.5 Å². The first-order chi connectivity index (χ1) is 23.9. The molecule has 1 aliphatic heterocycles. The monoisotopic (exact) mass is 728 g/mol. The number of likely N-dealkylation sites (N-methyl/N-ethyl adjacent to an activating group) is 1. The average Bonchev–Trinajstić information content (AvgIpc) is 3.36. The summed E-state index contributed by atoms with van der Waals surface area (Å²) in [6.45, 7) is 10.2. The highest BCUT2D eigenvalue weighted by molar-refractivity contribution is 7.89. The van der Waals surface area contributed by atoms with Gasteiger partial charge in [-0.2, -0.15) is 4.31 Å². The number of nitrogens with two attached hydrogens (primary N) is 1. The summed E-state index contributed by atoms with van der Waals surface area (Å²) in [6, 6.07) is 4.09. The van der Waals surface area contributed by atoms with Gasteiger partial charge in [-0.3, -0.25) is 19.2 Å². The number of primary amides is 1. The number of carbonyl (C=O) groups excluding carboxylic acids is 5. The molecule has 0 radical (unpaired) electrons. The third-order valence-corrected chi connectivity index (χ3v) is 14.0. The quantitative estimate of drug-likeness (QED) is 0.225. The maximum atomic E-state index is 14.6. The summed E-state index contributed by atoms with van der Waals surface area (Å²) in [6.07, 6.45) is 6.59. The van der Waals surface area contributed by atoms with E-state index in [2.05, 4.69) is 29.8 Å². The number of benzene rings is 1. The number of hydrogen-bond acceptors (Lipinski definition) is 7. The van der Waals surface area contributed by atoms with Crippen LogP contribution in [0.2, 0.25) is 0 Å². The number of hydrogen-bond donors (Lipinski definition) is 4. The van der Waals surface area contributed by atoms with E-state index in [1.54, 1.807) is 23.1 Å². The van der Waals surface area contributed by atoms with E-state index in [-0.39, 0.29) is 46.4 Å². The minimum Gasteiger partial charge on any atom is -0.363 e. The first-order valence-corrected chi connectivity index (χ1v) is 19.8. The lowest BCUT2D eigenvalue weighted by atomic mass is 9.78. The first-order valence-electron chi connectivity index (χ1n) is 18.4. The number of amides is 5. The van der Waals surface area contributed by atoms with Gasteiger partial charge in [0.25, 0.3) is 5.91 Å². The Balaban J connectivity index is 1.35. The molecule has 5 amide bonds. The van der Waals surface area contributed by atoms with Crippen LogP contribution < -0.4 is 21.7 Å². The third-order valence-electron chi connectivity index (χ3n) is 12.1. The molecule has 282 valence electrons. The molecule has 3 saturated carbocycles. The largest absolute Gasteiger partial charge is 0.363 e. The third kappa shape index (κ3) is 8.11. The molecule has 4 aliphatic rings. The Morgan fingerprint density at radius 2 is 1.49 bits per heavy atom. The van der Waals surface area contributed by atoms with Gasteiger partial charge in [0.1, 0.15) is 18.1 Å². The second-order valence-corrected chi connectivity index (χ2v) is 18.9. The van der Waals surface area contributed by atoms with Gasteiger partial charge in [-0.05, 0) is 72.3 Å². The number of fused-ring (bicyclic) bond motifs is 1. The van der Waals surface area contributed by atoms with Crippen molar-refractivity contribution in [2.24, 2.45) is 40.2 Å². The molecule has 0 bridgehead atoms. The van der Waals surface area contributed by atoms with Gasteiger partial charge in [0.15, 0.2) is 0 Å². The smallest absolute Gasteiger partial charge is 0.315 e. The molecule has 5 rings (SSSR count). The van der Waals surface area contributed by atoms with Crippen LogP contribution >= 0.6 is 0 Å². The summed E-state index contributed by atoms with van der Waals surface area (Å²) in [5, 5.41) is 8.78. The molecule has 13 nitrogen and oxygen atoms in total. The highest BCUT2D eigenvalue weighted by atomic mass is 32.2. The maximum Gasteiger partial charge on any atom is 0.315 e. The molecular formula is C37H56N6O7S. The van der Waals surface area contributed by atoms with Crippen molar-refractivity contribution in [2.45, 2.75) is 115 Å². The molecule has 51 heavy (non-hydrogen) atoms. The van der Waals surface area contributed by atoms with Gasteiger partial charge in [0.05, 0.1) is 4.90 Å². The van der Waals surface area contributed by atoms with Crippen LogP contribution in [-0.4, -0.2) is 91.5 Å². The molecule has 1 aromatic carbocycles. The Labute approximate surface area is 302 Å². The molecule has 5 N–H and O–H groups in total. The van der Waals surface area contributed by atoms with Crippen LogP contribution in [0.5, 0.6) is 0 Å². The number of piperidine rings is 1. The van der Waals surface area contributed by atoms with Gasteiger partial charge in [-0.1, -0.05) is 78.5 Å². The van der Waals surface area contributed by atoms with E-state index < -0.39 is 63.2 Å². The van der Waals surface area contributed by atoms with Gasteiger partial charge in [0, 0.05) is 26.2 Å². The van der Waals surface area contributed by atoms with Crippen LogP contribution in [0.1, 0.15) is 86.0 Å². The number of nitrogens with zero attached hydrogens (tertiary/aromatic N) is 2. The van der Waals surface area contributed by atoms with Crippen molar-refractivity contribution in [3.63, 3.8) is 0 Å². The molecule has 1 heterocycles. The predicted octanol–water partition coefficient (Wildman–Crippen LogP) is 2.79. The lowest BCUT2D eigenvalue weighted by molar-refractivity contribution is -0.145. The first kappa shape index (κ1) is 38.7. The zero-order chi connectivity index (χ0) is 37.5. The Kier molecular flexibility index (Phi) is 11.3. The lowest BCUT2D eigenvalue weighted by Crippen LogP contribution is -2.62. The number of sulfonamides is 1. The van der Waals surface area contributed by atoms with Crippen molar-refractivity contribution in [3.05, 3.63) is 30.3 Å². The predicted molar refractivity (Wildman–Crippen MR) is 191 cm³/mol. The van der Waals surface area contributed by atoms with E-state index in [0.29, 0.717) is 19.4 Å². The van der Waals surface area contributed by atoms with Crippen LogP contribution in [0.3, 0.4) is 0 Å². The van der Waals surface area contributed by atoms with Gasteiger partial charge in [-0.25, -0.2) is 13.2 Å². The van der Waals surface area contributed by atoms with Crippen molar-refractivity contribution >= 4 is 39.6 Å². The minimum absolute atomic E-state index is 0.00478. The summed E-state index contributed by atoms with van der Waals surface area (Å²) in [5.41, 5.74) is 4.61. The number of Topliss-reactive ketones (excluding diaryl/α,β-unsaturated/α-hetero) is 1. The van der Waals surface area contributed by atoms with E-state index in [4.69, 9.17) is 5.73 Å². The summed E-state index contributed by atoms with van der Waals surface area (Å²) < 4.78 is 27.9. The van der Waals surface area contributed by atoms with Crippen LogP contribution in [0, 0.1) is 34.5 Å². The summed E-state index contributed by atoms with van der Waals surface area (Å²) in [7, 11) is -2.35. The number of nitrogens with one attached hydrogen (secondary N) is 3. The number of urea groups is 1. The summed E-state index contributed by atoms with van der Waals surface area (Å²) >= 11 is 0.